The van der Waals surface area contributed by atoms with Gasteiger partial charge in [0.25, 0.3) is 0 Å². The number of carbonyl (C=O) groups is 2. The minimum atomic E-state index is -3.32. The zero-order valence-corrected chi connectivity index (χ0v) is 15.9. The van der Waals surface area contributed by atoms with Crippen molar-refractivity contribution in [2.24, 2.45) is 0 Å². The van der Waals surface area contributed by atoms with Gasteiger partial charge in [0.1, 0.15) is 0 Å². The molecule has 1 aromatic heterocycles. The lowest BCUT2D eigenvalue weighted by molar-refractivity contribution is -0.123. The van der Waals surface area contributed by atoms with Crippen molar-refractivity contribution in [3.63, 3.8) is 0 Å². The van der Waals surface area contributed by atoms with E-state index in [0.29, 0.717) is 21.0 Å². The van der Waals surface area contributed by atoms with Crippen LogP contribution < -0.4 is 10.6 Å². The van der Waals surface area contributed by atoms with Crippen molar-refractivity contribution in [3.05, 3.63) is 48.0 Å². The van der Waals surface area contributed by atoms with Gasteiger partial charge in [-0.15, -0.1) is 0 Å². The summed E-state index contributed by atoms with van der Waals surface area (Å²) < 4.78 is 24.0. The summed E-state index contributed by atoms with van der Waals surface area (Å²) in [6.45, 7) is 0. The van der Waals surface area contributed by atoms with Crippen molar-refractivity contribution >= 4 is 54.0 Å². The molecule has 0 aliphatic carbocycles. The third kappa shape index (κ3) is 3.43. The molecule has 4 rings (SSSR count). The number of carbonyl (C=O) groups excluding carboxylic acids is 2. The predicted octanol–water partition coefficient (Wildman–Crippen LogP) is 2.76. The summed E-state index contributed by atoms with van der Waals surface area (Å²) in [7, 11) is -3.32. The lowest BCUT2D eigenvalue weighted by atomic mass is 9.90. The maximum atomic E-state index is 12.8. The summed E-state index contributed by atoms with van der Waals surface area (Å²) >= 11 is 1.19. The first kappa shape index (κ1) is 17.6. The topological polar surface area (TPSA) is 105 Å². The number of nitrogens with one attached hydrogen (secondary N) is 2. The van der Waals surface area contributed by atoms with E-state index in [1.54, 1.807) is 24.3 Å². The molecule has 1 aliphatic heterocycles. The first-order chi connectivity index (χ1) is 12.8. The number of thiazole rings is 1. The van der Waals surface area contributed by atoms with Crippen LogP contribution >= 0.6 is 11.3 Å². The van der Waals surface area contributed by atoms with Crippen LogP contribution in [0.25, 0.3) is 10.2 Å². The van der Waals surface area contributed by atoms with E-state index in [9.17, 15) is 18.0 Å². The molecule has 0 bridgehead atoms. The Morgan fingerprint density at radius 3 is 2.81 bits per heavy atom. The number of fused-ring (bicyclic) bond motifs is 2. The Hall–Kier alpha value is -2.78. The molecule has 7 nitrogen and oxygen atoms in total. The van der Waals surface area contributed by atoms with Gasteiger partial charge in [-0.2, -0.15) is 0 Å². The zero-order valence-electron chi connectivity index (χ0n) is 14.2. The molecule has 0 radical (unpaired) electrons. The molecule has 138 valence electrons. The predicted molar refractivity (Wildman–Crippen MR) is 104 cm³/mol. The van der Waals surface area contributed by atoms with Crippen molar-refractivity contribution in [3.8, 4) is 0 Å². The molecule has 1 atom stereocenters. The van der Waals surface area contributed by atoms with Gasteiger partial charge >= 0.3 is 0 Å². The van der Waals surface area contributed by atoms with E-state index in [1.807, 2.05) is 12.1 Å². The first-order valence-electron chi connectivity index (χ1n) is 8.11. The Bertz CT molecular complexity index is 1180. The maximum Gasteiger partial charge on any atom is 0.234 e. The number of anilines is 2. The normalized spacial score (nSPS) is 16.6. The van der Waals surface area contributed by atoms with Crippen LogP contribution in [-0.4, -0.2) is 31.5 Å². The van der Waals surface area contributed by atoms with Crippen LogP contribution in [0.1, 0.15) is 17.9 Å². The summed E-state index contributed by atoms with van der Waals surface area (Å²) in [6.07, 6.45) is 1.20. The summed E-state index contributed by atoms with van der Waals surface area (Å²) in [6, 6.07) is 11.8. The second-order valence-corrected chi connectivity index (χ2v) is 9.35. The van der Waals surface area contributed by atoms with E-state index >= 15 is 0 Å². The number of hydrogen-bond donors (Lipinski definition) is 2. The van der Waals surface area contributed by atoms with Crippen LogP contribution in [0.2, 0.25) is 0 Å². The van der Waals surface area contributed by atoms with Crippen LogP contribution in [-0.2, 0) is 19.4 Å². The summed E-state index contributed by atoms with van der Waals surface area (Å²) in [5, 5.41) is 5.89. The van der Waals surface area contributed by atoms with Crippen LogP contribution in [0.4, 0.5) is 10.8 Å². The minimum Gasteiger partial charge on any atom is -0.326 e. The van der Waals surface area contributed by atoms with E-state index in [4.69, 9.17) is 0 Å². The summed E-state index contributed by atoms with van der Waals surface area (Å²) in [5.41, 5.74) is 2.00. The quantitative estimate of drug-likeness (QED) is 0.702. The Labute approximate surface area is 159 Å². The number of sulfone groups is 1. The minimum absolute atomic E-state index is 0.0615. The molecule has 2 amide bonds. The van der Waals surface area contributed by atoms with Gasteiger partial charge < -0.3 is 10.6 Å². The fourth-order valence-corrected chi connectivity index (χ4v) is 4.66. The number of para-hydroxylation sites is 1. The second-order valence-electron chi connectivity index (χ2n) is 6.30. The van der Waals surface area contributed by atoms with Crippen LogP contribution in [0.5, 0.6) is 0 Å². The highest BCUT2D eigenvalue weighted by molar-refractivity contribution is 7.90. The average Bonchev–Trinajstić information content (AvgIpc) is 3.01. The lowest BCUT2D eigenvalue weighted by Gasteiger charge is -2.24. The third-order valence-corrected chi connectivity index (χ3v) is 6.38. The molecular weight excluding hydrogens is 386 g/mol. The molecule has 9 heteroatoms. The van der Waals surface area contributed by atoms with Gasteiger partial charge in [0.15, 0.2) is 15.0 Å². The smallest absolute Gasteiger partial charge is 0.234 e. The van der Waals surface area contributed by atoms with E-state index in [2.05, 4.69) is 15.6 Å². The molecule has 2 N–H and O–H groups in total. The number of hydrogen-bond acceptors (Lipinski definition) is 6. The second kappa shape index (κ2) is 6.43. The number of rotatable bonds is 3. The van der Waals surface area contributed by atoms with Gasteiger partial charge in [0.2, 0.25) is 11.8 Å². The molecule has 0 saturated heterocycles. The van der Waals surface area contributed by atoms with E-state index in [0.717, 1.165) is 11.8 Å². The monoisotopic (exact) mass is 401 g/mol. The fourth-order valence-electron chi connectivity index (χ4n) is 3.03. The Kier molecular flexibility index (Phi) is 4.20. The van der Waals surface area contributed by atoms with Crippen LogP contribution in [0, 0.1) is 0 Å². The molecule has 1 unspecified atom stereocenters. The number of amides is 2. The van der Waals surface area contributed by atoms with Crippen molar-refractivity contribution in [2.75, 3.05) is 16.9 Å². The number of benzene rings is 2. The maximum absolute atomic E-state index is 12.8. The highest BCUT2D eigenvalue weighted by atomic mass is 32.2. The largest absolute Gasteiger partial charge is 0.326 e. The van der Waals surface area contributed by atoms with Crippen molar-refractivity contribution in [1.29, 1.82) is 0 Å². The molecular formula is C18H15N3O4S2. The molecule has 0 fully saturated rings. The van der Waals surface area contributed by atoms with Gasteiger partial charge in [0, 0.05) is 18.4 Å². The zero-order chi connectivity index (χ0) is 19.2. The molecule has 2 aromatic carbocycles. The van der Waals surface area contributed by atoms with Crippen molar-refractivity contribution in [1.82, 2.24) is 4.98 Å². The SMILES string of the molecule is CS(=O)(=O)c1ccc2nc(NC(=O)C3CC(=O)Nc4ccccc43)sc2c1. The summed E-state index contributed by atoms with van der Waals surface area (Å²) in [5.74, 6) is -1.14. The molecule has 3 aromatic rings. The Morgan fingerprint density at radius 2 is 2.04 bits per heavy atom. The van der Waals surface area contributed by atoms with Crippen LogP contribution in [0.3, 0.4) is 0 Å². The third-order valence-electron chi connectivity index (χ3n) is 4.33. The standard InChI is InChI=1S/C18H15N3O4S2/c1-27(24,25)10-6-7-14-15(8-10)26-18(20-14)21-17(23)12-9-16(22)19-13-5-3-2-4-11(12)13/h2-8,12H,9H2,1H3,(H,19,22)(H,20,21,23). The molecule has 0 spiro atoms. The van der Waals surface area contributed by atoms with E-state index in [1.165, 1.54) is 17.4 Å². The Balaban J connectivity index is 1.63. The van der Waals surface area contributed by atoms with Gasteiger partial charge in [-0.3, -0.25) is 9.59 Å². The van der Waals surface area contributed by atoms with E-state index < -0.39 is 15.8 Å². The van der Waals surface area contributed by atoms with E-state index in [-0.39, 0.29) is 23.1 Å². The molecule has 2 heterocycles. The highest BCUT2D eigenvalue weighted by Crippen LogP contribution is 2.34. The van der Waals surface area contributed by atoms with Crippen LogP contribution in [0.15, 0.2) is 47.4 Å². The van der Waals surface area contributed by atoms with Crippen molar-refractivity contribution < 1.29 is 18.0 Å². The highest BCUT2D eigenvalue weighted by Gasteiger charge is 2.30. The molecule has 27 heavy (non-hydrogen) atoms. The molecule has 0 saturated carbocycles. The summed E-state index contributed by atoms with van der Waals surface area (Å²) in [4.78, 5) is 29.2. The van der Waals surface area contributed by atoms with Gasteiger partial charge in [-0.05, 0) is 29.8 Å². The molecule has 1 aliphatic rings. The number of aromatic nitrogens is 1. The number of nitrogens with zero attached hydrogens (tertiary/aromatic N) is 1. The lowest BCUT2D eigenvalue weighted by Crippen LogP contribution is -2.30. The van der Waals surface area contributed by atoms with Gasteiger partial charge in [-0.1, -0.05) is 29.5 Å². The Morgan fingerprint density at radius 1 is 1.26 bits per heavy atom. The van der Waals surface area contributed by atoms with Crippen molar-refractivity contribution in [2.45, 2.75) is 17.2 Å². The van der Waals surface area contributed by atoms with Gasteiger partial charge in [0.05, 0.1) is 21.0 Å². The van der Waals surface area contributed by atoms with Gasteiger partial charge in [-0.25, -0.2) is 13.4 Å². The fraction of sp³-hybridized carbons (Fsp3) is 0.167. The average molecular weight is 401 g/mol. The first-order valence-corrected chi connectivity index (χ1v) is 10.8.